The third-order valence-corrected chi connectivity index (χ3v) is 1.51. The Bertz CT molecular complexity index is 335. The maximum atomic E-state index is 12.1. The summed E-state index contributed by atoms with van der Waals surface area (Å²) >= 11 is 0. The van der Waals surface area contributed by atoms with Gasteiger partial charge in [-0.1, -0.05) is 13.8 Å². The Labute approximate surface area is 87.9 Å². The van der Waals surface area contributed by atoms with E-state index in [0.717, 1.165) is 7.05 Å². The lowest BCUT2D eigenvalue weighted by atomic mass is 10.2. The first-order valence-electron chi connectivity index (χ1n) is 4.30. The predicted octanol–water partition coefficient (Wildman–Crippen LogP) is 3.48. The van der Waals surface area contributed by atoms with Crippen LogP contribution in [0.25, 0.3) is 0 Å². The molecule has 1 aromatic heterocycles. The van der Waals surface area contributed by atoms with Crippen molar-refractivity contribution < 1.29 is 26.3 Å². The zero-order valence-corrected chi connectivity index (χ0v) is 8.74. The third-order valence-electron chi connectivity index (χ3n) is 1.51. The van der Waals surface area contributed by atoms with Gasteiger partial charge >= 0.3 is 12.4 Å². The average Bonchev–Trinajstić information content (AvgIpc) is 2.49. The number of hydrogen-bond acceptors (Lipinski definition) is 1. The van der Waals surface area contributed by atoms with Gasteiger partial charge in [0.15, 0.2) is 5.69 Å². The van der Waals surface area contributed by atoms with Gasteiger partial charge in [-0.25, -0.2) is 0 Å². The minimum Gasteiger partial charge on any atom is -0.263 e. The maximum Gasteiger partial charge on any atom is 0.433 e. The van der Waals surface area contributed by atoms with E-state index in [1.165, 1.54) is 0 Å². The van der Waals surface area contributed by atoms with Crippen LogP contribution in [0, 0.1) is 0 Å². The lowest BCUT2D eigenvalue weighted by molar-refractivity contribution is -0.165. The number of halogens is 6. The molecule has 0 aliphatic rings. The zero-order chi connectivity index (χ0) is 13.1. The molecule has 0 saturated heterocycles. The van der Waals surface area contributed by atoms with Crippen LogP contribution in [-0.4, -0.2) is 9.78 Å². The van der Waals surface area contributed by atoms with E-state index in [9.17, 15) is 26.3 Å². The van der Waals surface area contributed by atoms with Crippen LogP contribution in [0.5, 0.6) is 0 Å². The van der Waals surface area contributed by atoms with Gasteiger partial charge in [0.2, 0.25) is 0 Å². The third kappa shape index (κ3) is 3.14. The lowest BCUT2D eigenvalue weighted by Crippen LogP contribution is -2.18. The van der Waals surface area contributed by atoms with Crippen LogP contribution in [0.4, 0.5) is 26.3 Å². The second-order valence-electron chi connectivity index (χ2n) is 2.53. The molecule has 0 N–H and O–H groups in total. The molecule has 16 heavy (non-hydrogen) atoms. The van der Waals surface area contributed by atoms with Crippen LogP contribution in [0.15, 0.2) is 6.20 Å². The van der Waals surface area contributed by atoms with Crippen molar-refractivity contribution in [2.24, 2.45) is 7.05 Å². The Morgan fingerprint density at radius 3 is 1.69 bits per heavy atom. The lowest BCUT2D eigenvalue weighted by Gasteiger charge is -2.11. The summed E-state index contributed by atoms with van der Waals surface area (Å²) in [6, 6.07) is 0. The second kappa shape index (κ2) is 4.75. The minimum atomic E-state index is -5.06. The van der Waals surface area contributed by atoms with Gasteiger partial charge in [-0.3, -0.25) is 4.68 Å². The first kappa shape index (κ1) is 14.8. The normalized spacial score (nSPS) is 12.1. The molecule has 1 rings (SSSR count). The SMILES string of the molecule is CC.Cn1ncc(C(F)(F)F)c1C(F)(F)F. The molecule has 8 heteroatoms. The van der Waals surface area contributed by atoms with E-state index >= 15 is 0 Å². The highest BCUT2D eigenvalue weighted by molar-refractivity contribution is 5.23. The number of rotatable bonds is 0. The molecule has 0 aliphatic carbocycles. The Hall–Kier alpha value is -1.21. The highest BCUT2D eigenvalue weighted by Gasteiger charge is 2.46. The molecule has 0 radical (unpaired) electrons. The van der Waals surface area contributed by atoms with Crippen LogP contribution < -0.4 is 0 Å². The van der Waals surface area contributed by atoms with Crippen LogP contribution in [0.2, 0.25) is 0 Å². The van der Waals surface area contributed by atoms with E-state index in [-0.39, 0.29) is 10.9 Å². The van der Waals surface area contributed by atoms with E-state index in [0.29, 0.717) is 0 Å². The summed E-state index contributed by atoms with van der Waals surface area (Å²) in [5.74, 6) is 0. The molecule has 2 nitrogen and oxygen atoms in total. The summed E-state index contributed by atoms with van der Waals surface area (Å²) in [4.78, 5) is 0. The van der Waals surface area contributed by atoms with Gasteiger partial charge in [0.25, 0.3) is 0 Å². The Balaban J connectivity index is 0.00000106. The van der Waals surface area contributed by atoms with E-state index < -0.39 is 23.6 Å². The van der Waals surface area contributed by atoms with E-state index in [1.54, 1.807) is 0 Å². The molecule has 0 spiro atoms. The van der Waals surface area contributed by atoms with E-state index in [2.05, 4.69) is 5.10 Å². The molecule has 0 atom stereocenters. The van der Waals surface area contributed by atoms with Gasteiger partial charge < -0.3 is 0 Å². The highest BCUT2D eigenvalue weighted by atomic mass is 19.4. The minimum absolute atomic E-state index is 0.156. The summed E-state index contributed by atoms with van der Waals surface area (Å²) in [5, 5.41) is 2.93. The molecule has 0 amide bonds. The fraction of sp³-hybridized carbons (Fsp3) is 0.625. The summed E-state index contributed by atoms with van der Waals surface area (Å²) in [6.45, 7) is 4.00. The summed E-state index contributed by atoms with van der Waals surface area (Å²) in [6.07, 6.45) is -9.95. The standard InChI is InChI=1S/C6H4F6N2.C2H6/c1-14-4(6(10,11)12)3(2-13-14)5(7,8)9;1-2/h2H,1H3;1-2H3. The van der Waals surface area contributed by atoms with Gasteiger partial charge in [0, 0.05) is 7.05 Å². The molecule has 1 aromatic rings. The smallest absolute Gasteiger partial charge is 0.263 e. The number of aryl methyl sites for hydroxylation is 1. The predicted molar refractivity (Wildman–Crippen MR) is 44.6 cm³/mol. The van der Waals surface area contributed by atoms with Crippen molar-refractivity contribution in [1.82, 2.24) is 9.78 Å². The first-order chi connectivity index (χ1) is 7.14. The Morgan fingerprint density at radius 1 is 1.00 bits per heavy atom. The molecular formula is C8H10F6N2. The van der Waals surface area contributed by atoms with Crippen molar-refractivity contribution in [2.45, 2.75) is 26.2 Å². The molecule has 0 fully saturated rings. The molecule has 0 unspecified atom stereocenters. The molecular weight excluding hydrogens is 238 g/mol. The van der Waals surface area contributed by atoms with E-state index in [4.69, 9.17) is 0 Å². The number of aromatic nitrogens is 2. The Morgan fingerprint density at radius 2 is 1.44 bits per heavy atom. The van der Waals surface area contributed by atoms with Crippen molar-refractivity contribution in [1.29, 1.82) is 0 Å². The van der Waals surface area contributed by atoms with Crippen LogP contribution in [-0.2, 0) is 19.4 Å². The monoisotopic (exact) mass is 248 g/mol. The topological polar surface area (TPSA) is 17.8 Å². The quantitative estimate of drug-likeness (QED) is 0.642. The van der Waals surface area contributed by atoms with E-state index in [1.807, 2.05) is 13.8 Å². The number of alkyl halides is 6. The zero-order valence-electron chi connectivity index (χ0n) is 8.74. The molecule has 0 bridgehead atoms. The van der Waals surface area contributed by atoms with Crippen molar-refractivity contribution in [3.05, 3.63) is 17.5 Å². The number of nitrogens with zero attached hydrogens (tertiary/aromatic N) is 2. The van der Waals surface area contributed by atoms with Crippen LogP contribution in [0.1, 0.15) is 25.1 Å². The largest absolute Gasteiger partial charge is 0.433 e. The van der Waals surface area contributed by atoms with Crippen molar-refractivity contribution in [3.8, 4) is 0 Å². The van der Waals surface area contributed by atoms with Crippen molar-refractivity contribution in [3.63, 3.8) is 0 Å². The fourth-order valence-electron chi connectivity index (χ4n) is 0.981. The molecule has 0 aliphatic heterocycles. The van der Waals surface area contributed by atoms with Gasteiger partial charge in [-0.2, -0.15) is 31.4 Å². The maximum absolute atomic E-state index is 12.1. The summed E-state index contributed by atoms with van der Waals surface area (Å²) in [5.41, 5.74) is -3.56. The average molecular weight is 248 g/mol. The molecule has 94 valence electrons. The van der Waals surface area contributed by atoms with Gasteiger partial charge in [-0.05, 0) is 0 Å². The molecule has 0 aromatic carbocycles. The van der Waals surface area contributed by atoms with Gasteiger partial charge in [-0.15, -0.1) is 0 Å². The van der Waals surface area contributed by atoms with Gasteiger partial charge in [0.1, 0.15) is 5.56 Å². The van der Waals surface area contributed by atoms with Crippen LogP contribution >= 0.6 is 0 Å². The summed E-state index contributed by atoms with van der Waals surface area (Å²) < 4.78 is 72.6. The van der Waals surface area contributed by atoms with Crippen molar-refractivity contribution >= 4 is 0 Å². The second-order valence-corrected chi connectivity index (χ2v) is 2.53. The Kier molecular flexibility index (Phi) is 4.39. The summed E-state index contributed by atoms with van der Waals surface area (Å²) in [7, 11) is 0.804. The van der Waals surface area contributed by atoms with Crippen LogP contribution in [0.3, 0.4) is 0 Å². The van der Waals surface area contributed by atoms with Crippen molar-refractivity contribution in [2.75, 3.05) is 0 Å². The molecule has 0 saturated carbocycles. The highest BCUT2D eigenvalue weighted by Crippen LogP contribution is 2.39. The van der Waals surface area contributed by atoms with Gasteiger partial charge in [0.05, 0.1) is 6.20 Å². The fourth-order valence-corrected chi connectivity index (χ4v) is 0.981. The molecule has 1 heterocycles. The first-order valence-corrected chi connectivity index (χ1v) is 4.30. The number of hydrogen-bond donors (Lipinski definition) is 0.